The minimum atomic E-state index is 0.775. The minimum Gasteiger partial charge on any atom is -0.353 e. The molecule has 0 atom stereocenters. The highest BCUT2D eigenvalue weighted by Gasteiger charge is 2.19. The zero-order valence-electron chi connectivity index (χ0n) is 13.4. The van der Waals surface area contributed by atoms with Crippen molar-refractivity contribution in [1.29, 1.82) is 0 Å². The first-order chi connectivity index (χ1) is 11.8. The van der Waals surface area contributed by atoms with Crippen molar-refractivity contribution in [2.45, 2.75) is 6.92 Å². The van der Waals surface area contributed by atoms with Gasteiger partial charge in [-0.05, 0) is 25.1 Å². The van der Waals surface area contributed by atoms with Gasteiger partial charge >= 0.3 is 0 Å². The van der Waals surface area contributed by atoms with Gasteiger partial charge in [0.15, 0.2) is 11.6 Å². The summed E-state index contributed by atoms with van der Waals surface area (Å²) in [6.45, 7) is 5.48. The van der Waals surface area contributed by atoms with Crippen molar-refractivity contribution in [2.75, 3.05) is 36.0 Å². The fraction of sp³-hybridized carbons (Fsp3) is 0.312. The van der Waals surface area contributed by atoms with Crippen LogP contribution in [0.3, 0.4) is 0 Å². The Morgan fingerprint density at radius 2 is 1.62 bits per heavy atom. The van der Waals surface area contributed by atoms with E-state index in [1.54, 1.807) is 17.2 Å². The maximum absolute atomic E-state index is 4.41. The molecule has 4 heterocycles. The summed E-state index contributed by atoms with van der Waals surface area (Å²) in [7, 11) is 0. The summed E-state index contributed by atoms with van der Waals surface area (Å²) >= 11 is 0. The third kappa shape index (κ3) is 2.90. The van der Waals surface area contributed by atoms with Crippen LogP contribution in [-0.2, 0) is 0 Å². The SMILES string of the molecule is Cc1ccc(N2CCN(c3cc(-n4cccn4)ncn3)CC2)nn1. The molecule has 0 N–H and O–H groups in total. The zero-order chi connectivity index (χ0) is 16.4. The topological polar surface area (TPSA) is 75.9 Å². The molecule has 1 aliphatic heterocycles. The minimum absolute atomic E-state index is 0.775. The molecule has 1 fully saturated rings. The Bertz CT molecular complexity index is 791. The predicted octanol–water partition coefficient (Wildman–Crippen LogP) is 1.09. The molecule has 8 heteroatoms. The second-order valence-corrected chi connectivity index (χ2v) is 5.69. The molecule has 24 heavy (non-hydrogen) atoms. The molecule has 1 saturated heterocycles. The molecule has 122 valence electrons. The van der Waals surface area contributed by atoms with Crippen LogP contribution in [-0.4, -0.2) is 56.1 Å². The van der Waals surface area contributed by atoms with E-state index in [0.29, 0.717) is 0 Å². The average Bonchev–Trinajstić information content (AvgIpc) is 3.17. The van der Waals surface area contributed by atoms with E-state index in [9.17, 15) is 0 Å². The quantitative estimate of drug-likeness (QED) is 0.714. The lowest BCUT2D eigenvalue weighted by molar-refractivity contribution is 0.636. The first kappa shape index (κ1) is 14.6. The highest BCUT2D eigenvalue weighted by Crippen LogP contribution is 2.18. The van der Waals surface area contributed by atoms with Gasteiger partial charge in [-0.1, -0.05) is 0 Å². The lowest BCUT2D eigenvalue weighted by Gasteiger charge is -2.35. The molecule has 1 aliphatic rings. The largest absolute Gasteiger partial charge is 0.353 e. The van der Waals surface area contributed by atoms with Crippen LogP contribution >= 0.6 is 0 Å². The fourth-order valence-electron chi connectivity index (χ4n) is 2.76. The first-order valence-electron chi connectivity index (χ1n) is 7.92. The Hall–Kier alpha value is -3.03. The van der Waals surface area contributed by atoms with E-state index in [1.165, 1.54) is 0 Å². The first-order valence-corrected chi connectivity index (χ1v) is 7.92. The lowest BCUT2D eigenvalue weighted by atomic mass is 10.3. The normalized spacial score (nSPS) is 14.9. The summed E-state index contributed by atoms with van der Waals surface area (Å²) in [5, 5.41) is 12.6. The molecule has 0 aliphatic carbocycles. The maximum atomic E-state index is 4.41. The molecular formula is C16H18N8. The van der Waals surface area contributed by atoms with Crippen LogP contribution in [0.1, 0.15) is 5.69 Å². The number of nitrogens with zero attached hydrogens (tertiary/aromatic N) is 8. The summed E-state index contributed by atoms with van der Waals surface area (Å²) in [6, 6.07) is 7.87. The number of anilines is 2. The highest BCUT2D eigenvalue weighted by molar-refractivity contribution is 5.46. The molecule has 0 amide bonds. The van der Waals surface area contributed by atoms with Crippen molar-refractivity contribution < 1.29 is 0 Å². The molecule has 4 rings (SSSR count). The van der Waals surface area contributed by atoms with Crippen molar-refractivity contribution >= 4 is 11.6 Å². The van der Waals surface area contributed by atoms with Crippen molar-refractivity contribution in [1.82, 2.24) is 29.9 Å². The van der Waals surface area contributed by atoms with E-state index in [0.717, 1.165) is 49.3 Å². The molecule has 8 nitrogen and oxygen atoms in total. The summed E-state index contributed by atoms with van der Waals surface area (Å²) in [5.41, 5.74) is 0.935. The van der Waals surface area contributed by atoms with Gasteiger partial charge < -0.3 is 9.80 Å². The maximum Gasteiger partial charge on any atom is 0.158 e. The summed E-state index contributed by atoms with van der Waals surface area (Å²) < 4.78 is 1.74. The summed E-state index contributed by atoms with van der Waals surface area (Å²) in [5.74, 6) is 2.63. The van der Waals surface area contributed by atoms with Crippen molar-refractivity contribution in [3.8, 4) is 5.82 Å². The van der Waals surface area contributed by atoms with E-state index in [1.807, 2.05) is 37.4 Å². The number of hydrogen-bond donors (Lipinski definition) is 0. The Morgan fingerprint density at radius 3 is 2.29 bits per heavy atom. The van der Waals surface area contributed by atoms with Crippen LogP contribution in [0, 0.1) is 6.92 Å². The van der Waals surface area contributed by atoms with Crippen LogP contribution in [0.15, 0.2) is 43.0 Å². The smallest absolute Gasteiger partial charge is 0.158 e. The van der Waals surface area contributed by atoms with Crippen LogP contribution in [0.2, 0.25) is 0 Å². The zero-order valence-corrected chi connectivity index (χ0v) is 13.4. The van der Waals surface area contributed by atoms with Crippen LogP contribution in [0.5, 0.6) is 0 Å². The Kier molecular flexibility index (Phi) is 3.78. The number of hydrogen-bond acceptors (Lipinski definition) is 7. The number of aryl methyl sites for hydroxylation is 1. The van der Waals surface area contributed by atoms with Gasteiger partial charge in [0.1, 0.15) is 12.1 Å². The molecule has 0 saturated carbocycles. The summed E-state index contributed by atoms with van der Waals surface area (Å²) in [6.07, 6.45) is 5.20. The molecule has 0 unspecified atom stereocenters. The van der Waals surface area contributed by atoms with Gasteiger partial charge in [-0.3, -0.25) is 0 Å². The number of piperazine rings is 1. The van der Waals surface area contributed by atoms with Gasteiger partial charge in [0, 0.05) is 44.6 Å². The van der Waals surface area contributed by atoms with Gasteiger partial charge in [0.2, 0.25) is 0 Å². The number of aromatic nitrogens is 6. The Balaban J connectivity index is 1.46. The van der Waals surface area contributed by atoms with E-state index in [4.69, 9.17) is 0 Å². The molecular weight excluding hydrogens is 304 g/mol. The molecule has 0 spiro atoms. The average molecular weight is 322 g/mol. The summed E-state index contributed by atoms with van der Waals surface area (Å²) in [4.78, 5) is 13.2. The van der Waals surface area contributed by atoms with Crippen molar-refractivity contribution in [2.24, 2.45) is 0 Å². The Labute approximate surface area is 139 Å². The van der Waals surface area contributed by atoms with Crippen LogP contribution < -0.4 is 9.80 Å². The van der Waals surface area contributed by atoms with E-state index >= 15 is 0 Å². The molecule has 0 radical (unpaired) electrons. The van der Waals surface area contributed by atoms with E-state index in [-0.39, 0.29) is 0 Å². The highest BCUT2D eigenvalue weighted by atomic mass is 15.3. The number of rotatable bonds is 3. The van der Waals surface area contributed by atoms with Crippen LogP contribution in [0.25, 0.3) is 5.82 Å². The molecule has 0 bridgehead atoms. The second kappa shape index (κ2) is 6.23. The van der Waals surface area contributed by atoms with Gasteiger partial charge in [-0.25, -0.2) is 14.6 Å². The third-order valence-corrected chi connectivity index (χ3v) is 4.09. The predicted molar refractivity (Wildman–Crippen MR) is 90.3 cm³/mol. The van der Waals surface area contributed by atoms with Gasteiger partial charge in [-0.2, -0.15) is 10.2 Å². The van der Waals surface area contributed by atoms with Gasteiger partial charge in [0.05, 0.1) is 5.69 Å². The van der Waals surface area contributed by atoms with Crippen LogP contribution in [0.4, 0.5) is 11.6 Å². The van der Waals surface area contributed by atoms with Crippen molar-refractivity contribution in [3.63, 3.8) is 0 Å². The second-order valence-electron chi connectivity index (χ2n) is 5.69. The fourth-order valence-corrected chi connectivity index (χ4v) is 2.76. The molecule has 3 aromatic rings. The van der Waals surface area contributed by atoms with Gasteiger partial charge in [-0.15, -0.1) is 5.10 Å². The standard InChI is InChI=1S/C16H18N8/c1-13-3-4-14(21-20-13)22-7-9-23(10-8-22)15-11-16(18-12-17-15)24-6-2-5-19-24/h2-6,11-12H,7-10H2,1H3. The monoisotopic (exact) mass is 322 g/mol. The Morgan fingerprint density at radius 1 is 0.875 bits per heavy atom. The molecule has 0 aromatic carbocycles. The third-order valence-electron chi connectivity index (χ3n) is 4.09. The van der Waals surface area contributed by atoms with Crippen molar-refractivity contribution in [3.05, 3.63) is 48.7 Å². The lowest BCUT2D eigenvalue weighted by Crippen LogP contribution is -2.47. The van der Waals surface area contributed by atoms with Gasteiger partial charge in [0.25, 0.3) is 0 Å². The van der Waals surface area contributed by atoms with E-state index in [2.05, 4.69) is 35.1 Å². The molecule has 3 aromatic heterocycles. The van der Waals surface area contributed by atoms with E-state index < -0.39 is 0 Å².